The highest BCUT2D eigenvalue weighted by molar-refractivity contribution is 6.30. The highest BCUT2D eigenvalue weighted by Crippen LogP contribution is 2.15. The summed E-state index contributed by atoms with van der Waals surface area (Å²) in [6.07, 6.45) is 0. The smallest absolute Gasteiger partial charge is 0.261 e. The first kappa shape index (κ1) is 21.8. The minimum Gasteiger partial charge on any atom is -0.484 e. The maximum atomic E-state index is 12.9. The Morgan fingerprint density at radius 1 is 1.07 bits per heavy atom. The van der Waals surface area contributed by atoms with Gasteiger partial charge in [0.2, 0.25) is 5.91 Å². The van der Waals surface area contributed by atoms with Crippen molar-refractivity contribution < 1.29 is 14.3 Å². The molecule has 150 valence electrons. The summed E-state index contributed by atoms with van der Waals surface area (Å²) in [5, 5.41) is 3.55. The van der Waals surface area contributed by atoms with Gasteiger partial charge in [0.1, 0.15) is 11.8 Å². The molecule has 0 saturated carbocycles. The molecule has 0 bridgehead atoms. The molecule has 1 N–H and O–H groups in total. The SMILES string of the molecule is CC(C(=O)NC(C)(C)C)N(Cc1ccc(Cl)cc1)C(=O)COc1ccccc1. The van der Waals surface area contributed by atoms with Gasteiger partial charge >= 0.3 is 0 Å². The Morgan fingerprint density at radius 2 is 1.68 bits per heavy atom. The van der Waals surface area contributed by atoms with Gasteiger partial charge in [-0.25, -0.2) is 0 Å². The van der Waals surface area contributed by atoms with E-state index in [2.05, 4.69) is 5.32 Å². The van der Waals surface area contributed by atoms with E-state index in [9.17, 15) is 9.59 Å². The van der Waals surface area contributed by atoms with E-state index >= 15 is 0 Å². The van der Waals surface area contributed by atoms with E-state index in [0.29, 0.717) is 10.8 Å². The summed E-state index contributed by atoms with van der Waals surface area (Å²) >= 11 is 5.95. The van der Waals surface area contributed by atoms with Crippen LogP contribution in [0.4, 0.5) is 0 Å². The average Bonchev–Trinajstić information content (AvgIpc) is 2.64. The summed E-state index contributed by atoms with van der Waals surface area (Å²) in [7, 11) is 0. The Labute approximate surface area is 171 Å². The molecule has 0 aliphatic carbocycles. The first-order chi connectivity index (χ1) is 13.2. The number of nitrogens with one attached hydrogen (secondary N) is 1. The molecule has 0 aliphatic rings. The van der Waals surface area contributed by atoms with E-state index in [1.54, 1.807) is 31.2 Å². The van der Waals surface area contributed by atoms with Crippen molar-refractivity contribution >= 4 is 23.4 Å². The molecule has 2 amide bonds. The minimum absolute atomic E-state index is 0.148. The molecule has 1 atom stereocenters. The lowest BCUT2D eigenvalue weighted by molar-refractivity contribution is -0.142. The van der Waals surface area contributed by atoms with Gasteiger partial charge in [0.05, 0.1) is 0 Å². The van der Waals surface area contributed by atoms with E-state index in [1.807, 2.05) is 51.1 Å². The van der Waals surface area contributed by atoms with Crippen molar-refractivity contribution in [3.8, 4) is 5.75 Å². The lowest BCUT2D eigenvalue weighted by Crippen LogP contribution is -2.53. The average molecular weight is 403 g/mol. The third-order valence-electron chi connectivity index (χ3n) is 4.04. The van der Waals surface area contributed by atoms with Crippen molar-refractivity contribution in [3.63, 3.8) is 0 Å². The first-order valence-electron chi connectivity index (χ1n) is 9.19. The molecule has 5 nitrogen and oxygen atoms in total. The van der Waals surface area contributed by atoms with Gasteiger partial charge in [0.25, 0.3) is 5.91 Å². The summed E-state index contributed by atoms with van der Waals surface area (Å²) < 4.78 is 5.59. The fourth-order valence-electron chi connectivity index (χ4n) is 2.59. The molecule has 0 heterocycles. The summed E-state index contributed by atoms with van der Waals surface area (Å²) in [5.74, 6) is 0.124. The fraction of sp³-hybridized carbons (Fsp3) is 0.364. The van der Waals surface area contributed by atoms with Crippen molar-refractivity contribution in [1.82, 2.24) is 10.2 Å². The standard InChI is InChI=1S/C22H27ClN2O3/c1-16(21(27)24-22(2,3)4)25(14-17-10-12-18(23)13-11-17)20(26)15-28-19-8-6-5-7-9-19/h5-13,16H,14-15H2,1-4H3,(H,24,27). The Morgan fingerprint density at radius 3 is 2.25 bits per heavy atom. The molecule has 6 heteroatoms. The maximum absolute atomic E-state index is 12.9. The molecule has 2 aromatic rings. The van der Waals surface area contributed by atoms with Crippen LogP contribution in [0, 0.1) is 0 Å². The molecule has 0 saturated heterocycles. The Kier molecular flexibility index (Phi) is 7.46. The van der Waals surface area contributed by atoms with Gasteiger partial charge in [-0.2, -0.15) is 0 Å². The monoisotopic (exact) mass is 402 g/mol. The van der Waals surface area contributed by atoms with Crippen molar-refractivity contribution in [2.24, 2.45) is 0 Å². The second kappa shape index (κ2) is 9.60. The summed E-state index contributed by atoms with van der Waals surface area (Å²) in [4.78, 5) is 27.1. The predicted molar refractivity (Wildman–Crippen MR) is 111 cm³/mol. The van der Waals surface area contributed by atoms with Gasteiger partial charge in [-0.15, -0.1) is 0 Å². The molecule has 1 unspecified atom stereocenters. The summed E-state index contributed by atoms with van der Waals surface area (Å²) in [5.41, 5.74) is 0.494. The minimum atomic E-state index is -0.651. The third-order valence-corrected chi connectivity index (χ3v) is 4.29. The van der Waals surface area contributed by atoms with Crippen LogP contribution < -0.4 is 10.1 Å². The largest absolute Gasteiger partial charge is 0.484 e. The third kappa shape index (κ3) is 6.89. The second-order valence-electron chi connectivity index (χ2n) is 7.67. The van der Waals surface area contributed by atoms with Crippen LogP contribution in [-0.2, 0) is 16.1 Å². The molecule has 0 radical (unpaired) electrons. The van der Waals surface area contributed by atoms with Crippen LogP contribution in [-0.4, -0.2) is 34.9 Å². The number of carbonyl (C=O) groups is 2. The van der Waals surface area contributed by atoms with Gasteiger partial charge in [-0.1, -0.05) is 41.9 Å². The zero-order valence-electron chi connectivity index (χ0n) is 16.7. The van der Waals surface area contributed by atoms with Crippen LogP contribution >= 0.6 is 11.6 Å². The molecule has 2 aromatic carbocycles. The zero-order chi connectivity index (χ0) is 20.7. The maximum Gasteiger partial charge on any atom is 0.261 e. The second-order valence-corrected chi connectivity index (χ2v) is 8.10. The number of halogens is 1. The first-order valence-corrected chi connectivity index (χ1v) is 9.57. The molecule has 0 aromatic heterocycles. The van der Waals surface area contributed by atoms with Gasteiger partial charge in [-0.3, -0.25) is 9.59 Å². The fourth-order valence-corrected chi connectivity index (χ4v) is 2.71. The molecule has 0 spiro atoms. The lowest BCUT2D eigenvalue weighted by Gasteiger charge is -2.31. The van der Waals surface area contributed by atoms with Gasteiger partial charge in [-0.05, 0) is 57.5 Å². The van der Waals surface area contributed by atoms with Crippen LogP contribution in [0.2, 0.25) is 5.02 Å². The number of carbonyl (C=O) groups excluding carboxylic acids is 2. The van der Waals surface area contributed by atoms with E-state index in [-0.39, 0.29) is 30.5 Å². The molecular formula is C22H27ClN2O3. The summed E-state index contributed by atoms with van der Waals surface area (Å²) in [6.45, 7) is 7.57. The van der Waals surface area contributed by atoms with Crippen molar-refractivity contribution in [1.29, 1.82) is 0 Å². The number of rotatable bonds is 7. The van der Waals surface area contributed by atoms with E-state index < -0.39 is 6.04 Å². The van der Waals surface area contributed by atoms with Crippen LogP contribution in [0.1, 0.15) is 33.3 Å². The Hall–Kier alpha value is -2.53. The normalized spacial score (nSPS) is 12.2. The molecular weight excluding hydrogens is 376 g/mol. The van der Waals surface area contributed by atoms with Crippen LogP contribution in [0.25, 0.3) is 0 Å². The number of ether oxygens (including phenoxy) is 1. The number of amides is 2. The predicted octanol–water partition coefficient (Wildman–Crippen LogP) is 4.05. The van der Waals surface area contributed by atoms with Crippen LogP contribution in [0.3, 0.4) is 0 Å². The van der Waals surface area contributed by atoms with Crippen molar-refractivity contribution in [2.45, 2.75) is 45.8 Å². The number of nitrogens with zero attached hydrogens (tertiary/aromatic N) is 1. The van der Waals surface area contributed by atoms with E-state index in [1.165, 1.54) is 4.90 Å². The van der Waals surface area contributed by atoms with Crippen LogP contribution in [0.5, 0.6) is 5.75 Å². The molecule has 28 heavy (non-hydrogen) atoms. The van der Waals surface area contributed by atoms with Crippen molar-refractivity contribution in [3.05, 3.63) is 65.2 Å². The highest BCUT2D eigenvalue weighted by atomic mass is 35.5. The topological polar surface area (TPSA) is 58.6 Å². The van der Waals surface area contributed by atoms with Gasteiger partial charge < -0.3 is 15.0 Å². The molecule has 2 rings (SSSR count). The Balaban J connectivity index is 2.15. The Bertz CT molecular complexity index is 786. The van der Waals surface area contributed by atoms with Gasteiger partial charge in [0.15, 0.2) is 6.61 Å². The van der Waals surface area contributed by atoms with Gasteiger partial charge in [0, 0.05) is 17.1 Å². The lowest BCUT2D eigenvalue weighted by atomic mass is 10.1. The number of hydrogen-bond donors (Lipinski definition) is 1. The number of para-hydroxylation sites is 1. The van der Waals surface area contributed by atoms with Crippen LogP contribution in [0.15, 0.2) is 54.6 Å². The van der Waals surface area contributed by atoms with Crippen molar-refractivity contribution in [2.75, 3.05) is 6.61 Å². The quantitative estimate of drug-likeness (QED) is 0.760. The zero-order valence-corrected chi connectivity index (χ0v) is 17.5. The number of hydrogen-bond acceptors (Lipinski definition) is 3. The number of benzene rings is 2. The van der Waals surface area contributed by atoms with E-state index in [4.69, 9.17) is 16.3 Å². The molecule has 0 fully saturated rings. The molecule has 0 aliphatic heterocycles. The van der Waals surface area contributed by atoms with E-state index in [0.717, 1.165) is 5.56 Å². The summed E-state index contributed by atoms with van der Waals surface area (Å²) in [6, 6.07) is 15.7. The highest BCUT2D eigenvalue weighted by Gasteiger charge is 2.28.